The van der Waals surface area contributed by atoms with Crippen molar-refractivity contribution in [1.29, 1.82) is 0 Å². The minimum absolute atomic E-state index is 0.0113. The molecule has 0 radical (unpaired) electrons. The Labute approximate surface area is 322 Å². The quantitative estimate of drug-likeness (QED) is 0.0611. The van der Waals surface area contributed by atoms with Gasteiger partial charge in [-0.15, -0.1) is 0 Å². The molecule has 0 N–H and O–H groups in total. The van der Waals surface area contributed by atoms with Gasteiger partial charge in [0.1, 0.15) is 11.5 Å². The predicted molar refractivity (Wildman–Crippen MR) is 222 cm³/mol. The third kappa shape index (κ3) is 10.4. The summed E-state index contributed by atoms with van der Waals surface area (Å²) in [6.07, 6.45) is 15.0. The minimum atomic E-state index is -2.03. The second kappa shape index (κ2) is 17.2. The zero-order valence-corrected chi connectivity index (χ0v) is 32.8. The van der Waals surface area contributed by atoms with Gasteiger partial charge >= 0.3 is 5.97 Å². The number of para-hydroxylation sites is 1. The van der Waals surface area contributed by atoms with Crippen molar-refractivity contribution in [3.63, 3.8) is 0 Å². The number of non-ortho nitro benzene ring substituents is 1. The number of nitro groups is 2. The van der Waals surface area contributed by atoms with Crippen molar-refractivity contribution in [1.82, 2.24) is 0 Å². The summed E-state index contributed by atoms with van der Waals surface area (Å²) >= 11 is 0. The summed E-state index contributed by atoms with van der Waals surface area (Å²) in [7, 11) is -2.03. The van der Waals surface area contributed by atoms with Crippen LogP contribution in [0.4, 0.5) is 11.4 Å². The van der Waals surface area contributed by atoms with Crippen LogP contribution in [0.5, 0.6) is 5.75 Å². The highest BCUT2D eigenvalue weighted by molar-refractivity contribution is 6.74. The predicted octanol–water partition coefficient (Wildman–Crippen LogP) is 11.8. The molecule has 0 saturated heterocycles. The summed E-state index contributed by atoms with van der Waals surface area (Å²) in [4.78, 5) is 35.1. The Morgan fingerprint density at radius 1 is 0.727 bits per heavy atom. The van der Waals surface area contributed by atoms with Crippen LogP contribution in [0, 0.1) is 26.1 Å². The molecule has 10 heteroatoms. The van der Waals surface area contributed by atoms with Crippen molar-refractivity contribution in [3.8, 4) is 5.75 Å². The van der Waals surface area contributed by atoms with Crippen molar-refractivity contribution >= 4 is 50.0 Å². The average Bonchev–Trinajstić information content (AvgIpc) is 3.14. The first-order chi connectivity index (χ1) is 26.1. The lowest BCUT2D eigenvalue weighted by Gasteiger charge is -2.36. The van der Waals surface area contributed by atoms with Crippen molar-refractivity contribution < 1.29 is 23.8 Å². The Bertz CT molecular complexity index is 2240. The summed E-state index contributed by atoms with van der Waals surface area (Å²) in [5, 5.41) is 23.3. The standard InChI is InChI=1S/C45H44N2O7Si/c1-32(48)53-44-38(23-17-34-20-27-40(28-21-34)54-55(5,6)45(2,3)4)31-37(22-16-33-18-25-39(26-19-33)46(49)50)42(30-35-12-8-7-9-13-35)41(44)29-24-36-14-10-11-15-43(36)47(51)52/h7-31,37H,1-6H3. The molecule has 4 aromatic carbocycles. The van der Waals surface area contributed by atoms with Crippen molar-refractivity contribution in [2.45, 2.75) is 45.8 Å². The molecule has 1 unspecified atom stereocenters. The molecule has 0 bridgehead atoms. The van der Waals surface area contributed by atoms with E-state index in [0.29, 0.717) is 22.5 Å². The molecule has 0 amide bonds. The van der Waals surface area contributed by atoms with E-state index in [0.717, 1.165) is 28.0 Å². The Morgan fingerprint density at radius 2 is 1.35 bits per heavy atom. The molecule has 0 fully saturated rings. The Kier molecular flexibility index (Phi) is 12.4. The zero-order chi connectivity index (χ0) is 39.8. The van der Waals surface area contributed by atoms with Crippen LogP contribution < -0.4 is 4.43 Å². The lowest BCUT2D eigenvalue weighted by atomic mass is 9.81. The highest BCUT2D eigenvalue weighted by atomic mass is 28.4. The van der Waals surface area contributed by atoms with Crippen LogP contribution in [0.25, 0.3) is 24.3 Å². The number of hydrogen-bond acceptors (Lipinski definition) is 7. The number of esters is 1. The molecule has 0 spiro atoms. The van der Waals surface area contributed by atoms with Gasteiger partial charge in [0.2, 0.25) is 8.32 Å². The van der Waals surface area contributed by atoms with Gasteiger partial charge in [-0.2, -0.15) is 0 Å². The number of ether oxygens (including phenoxy) is 1. The van der Waals surface area contributed by atoms with Crippen LogP contribution in [0.15, 0.2) is 150 Å². The van der Waals surface area contributed by atoms with E-state index in [4.69, 9.17) is 9.16 Å². The third-order valence-corrected chi connectivity index (χ3v) is 13.9. The molecular formula is C45H44N2O7Si. The number of rotatable bonds is 12. The lowest BCUT2D eigenvalue weighted by Crippen LogP contribution is -2.43. The average molecular weight is 753 g/mol. The Balaban J connectivity index is 1.66. The van der Waals surface area contributed by atoms with Crippen LogP contribution in [0.1, 0.15) is 49.9 Å². The maximum absolute atomic E-state index is 12.7. The topological polar surface area (TPSA) is 122 Å². The number of carbonyl (C=O) groups excluding carboxylic acids is 1. The van der Waals surface area contributed by atoms with Gasteiger partial charge in [-0.25, -0.2) is 0 Å². The molecule has 0 heterocycles. The fourth-order valence-corrected chi connectivity index (χ4v) is 6.65. The summed E-state index contributed by atoms with van der Waals surface area (Å²) in [6.45, 7) is 12.3. The van der Waals surface area contributed by atoms with E-state index in [9.17, 15) is 25.0 Å². The highest BCUT2D eigenvalue weighted by Crippen LogP contribution is 2.40. The van der Waals surface area contributed by atoms with Crippen LogP contribution in [-0.2, 0) is 9.53 Å². The van der Waals surface area contributed by atoms with Gasteiger partial charge < -0.3 is 9.16 Å². The summed E-state index contributed by atoms with van der Waals surface area (Å²) in [6, 6.07) is 30.2. The molecule has 5 rings (SSSR count). The van der Waals surface area contributed by atoms with E-state index < -0.39 is 24.1 Å². The fraction of sp³-hybridized carbons (Fsp3) is 0.178. The normalized spacial score (nSPS) is 15.9. The van der Waals surface area contributed by atoms with Crippen molar-refractivity contribution in [2.24, 2.45) is 5.92 Å². The first-order valence-corrected chi connectivity index (χ1v) is 20.8. The highest BCUT2D eigenvalue weighted by Gasteiger charge is 2.39. The fourth-order valence-electron chi connectivity index (χ4n) is 5.62. The monoisotopic (exact) mass is 752 g/mol. The van der Waals surface area contributed by atoms with Crippen molar-refractivity contribution in [2.75, 3.05) is 0 Å². The molecule has 9 nitrogen and oxygen atoms in total. The number of hydrogen-bond donors (Lipinski definition) is 0. The van der Waals surface area contributed by atoms with E-state index in [-0.39, 0.29) is 22.3 Å². The van der Waals surface area contributed by atoms with Gasteiger partial charge in [-0.3, -0.25) is 25.0 Å². The van der Waals surface area contributed by atoms with Gasteiger partial charge in [-0.05, 0) is 76.8 Å². The SMILES string of the molecule is CC(=O)OC1=C(C=Cc2ccccc2[N+](=O)[O-])C(=Cc2ccccc2)C(C=Cc2ccc([N+](=O)[O-])cc2)C=C1C=Cc1ccc(O[Si](C)(C)C(C)(C)C)cc1. The van der Waals surface area contributed by atoms with E-state index >= 15 is 0 Å². The molecule has 1 aliphatic carbocycles. The van der Waals surface area contributed by atoms with Crippen LogP contribution in [-0.4, -0.2) is 24.1 Å². The van der Waals surface area contributed by atoms with E-state index in [1.54, 1.807) is 42.5 Å². The van der Waals surface area contributed by atoms with Gasteiger partial charge in [-0.1, -0.05) is 118 Å². The number of nitro benzene ring substituents is 2. The molecule has 280 valence electrons. The first kappa shape index (κ1) is 39.8. The van der Waals surface area contributed by atoms with Crippen LogP contribution in [0.2, 0.25) is 18.1 Å². The molecule has 0 saturated carbocycles. The number of benzene rings is 4. The van der Waals surface area contributed by atoms with E-state index in [2.05, 4.69) is 33.9 Å². The number of allylic oxidation sites excluding steroid dienone is 6. The molecular weight excluding hydrogens is 709 g/mol. The van der Waals surface area contributed by atoms with Gasteiger partial charge in [0.25, 0.3) is 11.4 Å². The minimum Gasteiger partial charge on any atom is -0.544 e. The van der Waals surface area contributed by atoms with E-state index in [1.807, 2.05) is 91.1 Å². The van der Waals surface area contributed by atoms with Crippen LogP contribution >= 0.6 is 0 Å². The lowest BCUT2D eigenvalue weighted by molar-refractivity contribution is -0.385. The second-order valence-electron chi connectivity index (χ2n) is 14.6. The van der Waals surface area contributed by atoms with Gasteiger partial charge in [0.15, 0.2) is 0 Å². The molecule has 0 aromatic heterocycles. The van der Waals surface area contributed by atoms with Gasteiger partial charge in [0.05, 0.1) is 15.4 Å². The Morgan fingerprint density at radius 3 is 1.96 bits per heavy atom. The Hall–Kier alpha value is -6.39. The summed E-state index contributed by atoms with van der Waals surface area (Å²) in [5.41, 5.74) is 4.77. The number of nitrogens with zero attached hydrogens (tertiary/aromatic N) is 2. The second-order valence-corrected chi connectivity index (χ2v) is 19.3. The van der Waals surface area contributed by atoms with Crippen LogP contribution in [0.3, 0.4) is 0 Å². The molecule has 1 aliphatic rings. The molecule has 0 aliphatic heterocycles. The zero-order valence-electron chi connectivity index (χ0n) is 31.8. The maximum atomic E-state index is 12.7. The molecule has 1 atom stereocenters. The summed E-state index contributed by atoms with van der Waals surface area (Å²) in [5.74, 6) is 0.173. The smallest absolute Gasteiger partial charge is 0.308 e. The summed E-state index contributed by atoms with van der Waals surface area (Å²) < 4.78 is 12.5. The van der Waals surface area contributed by atoms with E-state index in [1.165, 1.54) is 25.1 Å². The molecule has 55 heavy (non-hydrogen) atoms. The van der Waals surface area contributed by atoms with Gasteiger partial charge in [0, 0.05) is 42.2 Å². The first-order valence-electron chi connectivity index (χ1n) is 17.8. The number of carbonyl (C=O) groups is 1. The maximum Gasteiger partial charge on any atom is 0.308 e. The third-order valence-electron chi connectivity index (χ3n) is 9.58. The van der Waals surface area contributed by atoms with Crippen molar-refractivity contribution in [3.05, 3.63) is 192 Å². The molecule has 4 aromatic rings. The largest absolute Gasteiger partial charge is 0.544 e.